The second kappa shape index (κ2) is 4.43. The van der Waals surface area contributed by atoms with E-state index in [1.807, 2.05) is 6.07 Å². The predicted molar refractivity (Wildman–Crippen MR) is 50.5 cm³/mol. The van der Waals surface area contributed by atoms with E-state index in [-0.39, 0.29) is 0 Å². The van der Waals surface area contributed by atoms with E-state index >= 15 is 0 Å². The molecule has 0 saturated carbocycles. The largest absolute Gasteiger partial charge is 0.477 e. The van der Waals surface area contributed by atoms with Crippen molar-refractivity contribution < 1.29 is 9.90 Å². The van der Waals surface area contributed by atoms with Crippen LogP contribution < -0.4 is 0 Å². The number of thiophene rings is 1. The van der Waals surface area contributed by atoms with E-state index in [1.54, 1.807) is 23.6 Å². The summed E-state index contributed by atoms with van der Waals surface area (Å²) in [6, 6.07) is 3.55. The van der Waals surface area contributed by atoms with E-state index in [4.69, 9.17) is 10.4 Å². The number of rotatable bonds is 3. The maximum Gasteiger partial charge on any atom is 0.345 e. The first-order valence-corrected chi connectivity index (χ1v) is 4.47. The number of nitriles is 1. The molecule has 66 valence electrons. The monoisotopic (exact) mass is 193 g/mol. The Labute approximate surface area is 79.6 Å². The van der Waals surface area contributed by atoms with Gasteiger partial charge in [0.1, 0.15) is 4.88 Å². The Balaban J connectivity index is 2.70. The summed E-state index contributed by atoms with van der Waals surface area (Å²) in [7, 11) is 0. The van der Waals surface area contributed by atoms with Crippen LogP contribution in [0.15, 0.2) is 17.5 Å². The average molecular weight is 193 g/mol. The van der Waals surface area contributed by atoms with Crippen molar-refractivity contribution in [2.24, 2.45) is 0 Å². The summed E-state index contributed by atoms with van der Waals surface area (Å²) in [5.74, 6) is -0.912. The van der Waals surface area contributed by atoms with Crippen molar-refractivity contribution in [3.05, 3.63) is 28.0 Å². The molecule has 0 fully saturated rings. The molecule has 0 saturated heterocycles. The molecule has 0 bridgehead atoms. The van der Waals surface area contributed by atoms with Crippen LogP contribution in [0, 0.1) is 11.3 Å². The lowest BCUT2D eigenvalue weighted by atomic mass is 10.2. The van der Waals surface area contributed by atoms with Crippen molar-refractivity contribution in [1.29, 1.82) is 5.26 Å². The van der Waals surface area contributed by atoms with Gasteiger partial charge in [0.15, 0.2) is 0 Å². The Bertz CT molecular complexity index is 373. The summed E-state index contributed by atoms with van der Waals surface area (Å²) >= 11 is 1.18. The van der Waals surface area contributed by atoms with Crippen LogP contribution in [0.3, 0.4) is 0 Å². The second-order valence-corrected chi connectivity index (χ2v) is 3.23. The SMILES string of the molecule is N#CCC=Cc1csc(C(=O)O)c1. The first-order chi connectivity index (χ1) is 6.24. The van der Waals surface area contributed by atoms with E-state index in [9.17, 15) is 4.79 Å². The second-order valence-electron chi connectivity index (χ2n) is 2.31. The van der Waals surface area contributed by atoms with Crippen molar-refractivity contribution in [1.82, 2.24) is 0 Å². The van der Waals surface area contributed by atoms with Gasteiger partial charge in [-0.25, -0.2) is 4.79 Å². The van der Waals surface area contributed by atoms with Gasteiger partial charge in [-0.1, -0.05) is 12.2 Å². The van der Waals surface area contributed by atoms with Crippen LogP contribution in [-0.2, 0) is 0 Å². The standard InChI is InChI=1S/C9H7NO2S/c10-4-2-1-3-7-5-8(9(11)12)13-6-7/h1,3,5-6H,2H2,(H,11,12). The third-order valence-electron chi connectivity index (χ3n) is 1.35. The Kier molecular flexibility index (Phi) is 3.23. The van der Waals surface area contributed by atoms with E-state index < -0.39 is 5.97 Å². The highest BCUT2D eigenvalue weighted by Crippen LogP contribution is 2.15. The molecule has 0 atom stereocenters. The van der Waals surface area contributed by atoms with Crippen LogP contribution >= 0.6 is 11.3 Å². The molecular formula is C9H7NO2S. The zero-order valence-electron chi connectivity index (χ0n) is 6.73. The first kappa shape index (κ1) is 9.49. The molecule has 1 heterocycles. The predicted octanol–water partition coefficient (Wildman–Crippen LogP) is 2.37. The Hall–Kier alpha value is -1.60. The van der Waals surface area contributed by atoms with E-state index in [0.717, 1.165) is 5.56 Å². The fourth-order valence-corrected chi connectivity index (χ4v) is 1.51. The highest BCUT2D eigenvalue weighted by atomic mass is 32.1. The quantitative estimate of drug-likeness (QED) is 0.801. The van der Waals surface area contributed by atoms with Crippen LogP contribution in [0.25, 0.3) is 6.08 Å². The Morgan fingerprint density at radius 3 is 3.08 bits per heavy atom. The van der Waals surface area contributed by atoms with Gasteiger partial charge in [-0.2, -0.15) is 5.26 Å². The van der Waals surface area contributed by atoms with Gasteiger partial charge >= 0.3 is 5.97 Å². The van der Waals surface area contributed by atoms with Crippen molar-refractivity contribution >= 4 is 23.4 Å². The molecule has 0 unspecified atom stereocenters. The number of carbonyl (C=O) groups is 1. The van der Waals surface area contributed by atoms with Crippen LogP contribution in [0.2, 0.25) is 0 Å². The smallest absolute Gasteiger partial charge is 0.345 e. The maximum atomic E-state index is 10.5. The van der Waals surface area contributed by atoms with Crippen LogP contribution in [-0.4, -0.2) is 11.1 Å². The highest BCUT2D eigenvalue weighted by molar-refractivity contribution is 7.12. The van der Waals surface area contributed by atoms with Gasteiger partial charge in [0.2, 0.25) is 0 Å². The average Bonchev–Trinajstić information content (AvgIpc) is 2.53. The van der Waals surface area contributed by atoms with Gasteiger partial charge in [0, 0.05) is 0 Å². The Morgan fingerprint density at radius 2 is 2.54 bits per heavy atom. The summed E-state index contributed by atoms with van der Waals surface area (Å²) in [4.78, 5) is 10.8. The molecule has 1 N–H and O–H groups in total. The Morgan fingerprint density at radius 1 is 1.77 bits per heavy atom. The molecule has 1 rings (SSSR count). The van der Waals surface area contributed by atoms with Crippen molar-refractivity contribution in [3.63, 3.8) is 0 Å². The molecule has 3 nitrogen and oxygen atoms in total. The molecule has 0 aliphatic rings. The molecule has 0 amide bonds. The molecule has 0 aliphatic carbocycles. The molecule has 1 aromatic heterocycles. The van der Waals surface area contributed by atoms with Gasteiger partial charge in [-0.05, 0) is 17.0 Å². The normalized spacial score (nSPS) is 10.1. The van der Waals surface area contributed by atoms with Crippen molar-refractivity contribution in [3.8, 4) is 6.07 Å². The van der Waals surface area contributed by atoms with Gasteiger partial charge < -0.3 is 5.11 Å². The third-order valence-corrected chi connectivity index (χ3v) is 2.29. The molecule has 0 radical (unpaired) electrons. The molecule has 4 heteroatoms. The van der Waals surface area contributed by atoms with Gasteiger partial charge in [-0.15, -0.1) is 11.3 Å². The fraction of sp³-hybridized carbons (Fsp3) is 0.111. The van der Waals surface area contributed by atoms with Crippen molar-refractivity contribution in [2.45, 2.75) is 6.42 Å². The van der Waals surface area contributed by atoms with E-state index in [0.29, 0.717) is 11.3 Å². The zero-order valence-corrected chi connectivity index (χ0v) is 7.54. The minimum absolute atomic E-state index is 0.316. The van der Waals surface area contributed by atoms with Gasteiger partial charge in [0.25, 0.3) is 0 Å². The molecule has 1 aromatic rings. The lowest BCUT2D eigenvalue weighted by Crippen LogP contribution is -1.89. The zero-order chi connectivity index (χ0) is 9.68. The highest BCUT2D eigenvalue weighted by Gasteiger charge is 2.04. The van der Waals surface area contributed by atoms with E-state index in [1.165, 1.54) is 11.3 Å². The number of hydrogen-bond acceptors (Lipinski definition) is 3. The number of carboxylic acid groups (broad SMARTS) is 1. The van der Waals surface area contributed by atoms with Gasteiger partial charge in [0.05, 0.1) is 12.5 Å². The lowest BCUT2D eigenvalue weighted by molar-refractivity contribution is 0.0702. The van der Waals surface area contributed by atoms with E-state index in [2.05, 4.69) is 0 Å². The summed E-state index contributed by atoms with van der Waals surface area (Å²) < 4.78 is 0. The van der Waals surface area contributed by atoms with Crippen LogP contribution in [0.1, 0.15) is 21.7 Å². The summed E-state index contributed by atoms with van der Waals surface area (Å²) in [5.41, 5.74) is 0.831. The number of aromatic carboxylic acids is 1. The lowest BCUT2D eigenvalue weighted by Gasteiger charge is -1.82. The third kappa shape index (κ3) is 2.73. The summed E-state index contributed by atoms with van der Waals surface area (Å²) in [6.45, 7) is 0. The first-order valence-electron chi connectivity index (χ1n) is 3.59. The number of allylic oxidation sites excluding steroid dienone is 1. The van der Waals surface area contributed by atoms with Gasteiger partial charge in [-0.3, -0.25) is 0 Å². The molecule has 0 spiro atoms. The molecule has 0 aromatic carbocycles. The van der Waals surface area contributed by atoms with Crippen LogP contribution in [0.5, 0.6) is 0 Å². The molecule has 0 aliphatic heterocycles. The number of hydrogen-bond donors (Lipinski definition) is 1. The molecular weight excluding hydrogens is 186 g/mol. The summed E-state index contributed by atoms with van der Waals surface area (Å²) in [6.07, 6.45) is 3.79. The van der Waals surface area contributed by atoms with Crippen molar-refractivity contribution in [2.75, 3.05) is 0 Å². The fourth-order valence-electron chi connectivity index (χ4n) is 0.798. The number of carboxylic acids is 1. The van der Waals surface area contributed by atoms with Crippen LogP contribution in [0.4, 0.5) is 0 Å². The maximum absolute atomic E-state index is 10.5. The number of nitrogens with zero attached hydrogens (tertiary/aromatic N) is 1. The topological polar surface area (TPSA) is 61.1 Å². The molecule has 13 heavy (non-hydrogen) atoms. The minimum Gasteiger partial charge on any atom is -0.477 e. The summed E-state index contributed by atoms with van der Waals surface area (Å²) in [5, 5.41) is 18.6. The minimum atomic E-state index is -0.912.